The van der Waals surface area contributed by atoms with Gasteiger partial charge in [-0.25, -0.2) is 4.99 Å². The average molecular weight is 256 g/mol. The van der Waals surface area contributed by atoms with E-state index in [1.54, 1.807) is 6.08 Å². The van der Waals surface area contributed by atoms with Gasteiger partial charge in [-0.3, -0.25) is 5.73 Å². The van der Waals surface area contributed by atoms with Gasteiger partial charge in [0.15, 0.2) is 0 Å². The van der Waals surface area contributed by atoms with E-state index in [9.17, 15) is 0 Å². The smallest absolute Gasteiger partial charge is 0.207 e. The largest absolute Gasteiger partial charge is 0.346 e. The van der Waals surface area contributed by atoms with Gasteiger partial charge < -0.3 is 5.32 Å². The van der Waals surface area contributed by atoms with Crippen molar-refractivity contribution >= 4 is 35.2 Å². The summed E-state index contributed by atoms with van der Waals surface area (Å²) in [5, 5.41) is 2.49. The Morgan fingerprint density at radius 1 is 1.44 bits per heavy atom. The van der Waals surface area contributed by atoms with Crippen molar-refractivity contribution in [3.05, 3.63) is 40.4 Å². The van der Waals surface area contributed by atoms with E-state index in [2.05, 4.69) is 10.3 Å². The fourth-order valence-corrected chi connectivity index (χ4v) is 1.85. The molecule has 2 rings (SSSR count). The van der Waals surface area contributed by atoms with Crippen LogP contribution in [-0.2, 0) is 0 Å². The molecule has 0 saturated carbocycles. The molecule has 0 saturated heterocycles. The minimum Gasteiger partial charge on any atom is -0.346 e. The van der Waals surface area contributed by atoms with E-state index in [1.165, 1.54) is 6.34 Å². The van der Waals surface area contributed by atoms with Crippen molar-refractivity contribution in [1.82, 2.24) is 5.32 Å². The molecule has 0 aromatic heterocycles. The summed E-state index contributed by atoms with van der Waals surface area (Å²) in [7, 11) is 0. The van der Waals surface area contributed by atoms with Gasteiger partial charge in [0.2, 0.25) is 5.12 Å². The number of nitrogens with two attached hydrogens (primary N) is 1. The highest BCUT2D eigenvalue weighted by Crippen LogP contribution is 2.25. The van der Waals surface area contributed by atoms with Crippen LogP contribution in [0.4, 0.5) is 0 Å². The first-order valence-electron chi connectivity index (χ1n) is 4.75. The van der Waals surface area contributed by atoms with Crippen LogP contribution in [0.3, 0.4) is 0 Å². The maximum Gasteiger partial charge on any atom is 0.207 e. The minimum absolute atomic E-state index is 0.669. The summed E-state index contributed by atoms with van der Waals surface area (Å²) in [6.45, 7) is 1.99. The Bertz CT molecular complexity index is 478. The van der Waals surface area contributed by atoms with Gasteiger partial charge in [-0.05, 0) is 30.7 Å². The van der Waals surface area contributed by atoms with Gasteiger partial charge in [-0.1, -0.05) is 29.3 Å². The van der Waals surface area contributed by atoms with Crippen molar-refractivity contribution in [3.8, 4) is 0 Å². The summed E-state index contributed by atoms with van der Waals surface area (Å²) < 4.78 is 0. The number of alkyl halides is 1. The molecule has 1 aromatic carbocycles. The molecule has 5 heteroatoms. The summed E-state index contributed by atoms with van der Waals surface area (Å²) in [6.07, 6.45) is 3.15. The number of benzene rings is 1. The summed E-state index contributed by atoms with van der Waals surface area (Å²) in [5.74, 6) is 0. The summed E-state index contributed by atoms with van der Waals surface area (Å²) >= 11 is 11.9. The van der Waals surface area contributed by atoms with Crippen LogP contribution in [-0.4, -0.2) is 11.5 Å². The molecule has 1 aromatic rings. The second-order valence-electron chi connectivity index (χ2n) is 3.65. The first kappa shape index (κ1) is 11.5. The normalized spacial score (nSPS) is 23.9. The Kier molecular flexibility index (Phi) is 2.93. The monoisotopic (exact) mass is 255 g/mol. The Labute approximate surface area is 104 Å². The lowest BCUT2D eigenvalue weighted by atomic mass is 10.0. The van der Waals surface area contributed by atoms with Gasteiger partial charge >= 0.3 is 0 Å². The van der Waals surface area contributed by atoms with Crippen LogP contribution in [0.5, 0.6) is 0 Å². The minimum atomic E-state index is -1.19. The van der Waals surface area contributed by atoms with Gasteiger partial charge in [-0.2, -0.15) is 0 Å². The molecule has 3 nitrogen and oxygen atoms in total. The SMILES string of the molecule is Cc1ccc(Cl)cc1C1=CC(N)(Cl)N=CN1. The van der Waals surface area contributed by atoms with Crippen molar-refractivity contribution in [1.29, 1.82) is 0 Å². The van der Waals surface area contributed by atoms with E-state index in [4.69, 9.17) is 28.9 Å². The molecular weight excluding hydrogens is 245 g/mol. The lowest BCUT2D eigenvalue weighted by Crippen LogP contribution is -2.34. The highest BCUT2D eigenvalue weighted by atomic mass is 35.5. The molecule has 0 aliphatic carbocycles. The Morgan fingerprint density at radius 3 is 2.88 bits per heavy atom. The molecule has 0 radical (unpaired) electrons. The van der Waals surface area contributed by atoms with Crippen LogP contribution < -0.4 is 11.1 Å². The summed E-state index contributed by atoms with van der Waals surface area (Å²) in [5.41, 5.74) is 8.58. The van der Waals surface area contributed by atoms with Crippen molar-refractivity contribution < 1.29 is 0 Å². The fraction of sp³-hybridized carbons (Fsp3) is 0.182. The van der Waals surface area contributed by atoms with Crippen LogP contribution >= 0.6 is 23.2 Å². The number of halogens is 2. The molecule has 0 fully saturated rings. The second-order valence-corrected chi connectivity index (χ2v) is 4.69. The summed E-state index contributed by atoms with van der Waals surface area (Å²) in [6, 6.07) is 5.65. The standard InChI is InChI=1S/C11H11Cl2N3/c1-7-2-3-8(12)4-9(7)10-5-11(13,14)16-6-15-10/h2-6H,14H2,1H3,(H,15,16). The number of hydrogen-bond donors (Lipinski definition) is 2. The zero-order valence-corrected chi connectivity index (χ0v) is 10.2. The first-order chi connectivity index (χ1) is 7.48. The van der Waals surface area contributed by atoms with Crippen molar-refractivity contribution in [3.63, 3.8) is 0 Å². The van der Waals surface area contributed by atoms with E-state index in [1.807, 2.05) is 25.1 Å². The lowest BCUT2D eigenvalue weighted by Gasteiger charge is -2.21. The van der Waals surface area contributed by atoms with Gasteiger partial charge in [0.1, 0.15) is 0 Å². The van der Waals surface area contributed by atoms with Crippen LogP contribution in [0.1, 0.15) is 11.1 Å². The van der Waals surface area contributed by atoms with E-state index in [0.717, 1.165) is 16.8 Å². The Morgan fingerprint density at radius 2 is 2.19 bits per heavy atom. The first-order valence-corrected chi connectivity index (χ1v) is 5.51. The average Bonchev–Trinajstić information content (AvgIpc) is 2.20. The fourth-order valence-electron chi connectivity index (χ4n) is 1.52. The zero-order chi connectivity index (χ0) is 11.8. The molecule has 1 aliphatic heterocycles. The van der Waals surface area contributed by atoms with Crippen molar-refractivity contribution in [2.75, 3.05) is 0 Å². The van der Waals surface area contributed by atoms with Gasteiger partial charge in [0, 0.05) is 16.3 Å². The second kappa shape index (κ2) is 4.09. The van der Waals surface area contributed by atoms with E-state index in [0.29, 0.717) is 5.02 Å². The van der Waals surface area contributed by atoms with Gasteiger partial charge in [0.05, 0.1) is 6.34 Å². The van der Waals surface area contributed by atoms with E-state index < -0.39 is 5.12 Å². The van der Waals surface area contributed by atoms with Gasteiger partial charge in [0.25, 0.3) is 0 Å². The molecule has 1 atom stereocenters. The molecule has 0 spiro atoms. The highest BCUT2D eigenvalue weighted by Gasteiger charge is 2.21. The van der Waals surface area contributed by atoms with Crippen LogP contribution in [0, 0.1) is 6.92 Å². The Hall–Kier alpha value is -1.03. The number of hydrogen-bond acceptors (Lipinski definition) is 3. The predicted octanol–water partition coefficient (Wildman–Crippen LogP) is 2.47. The topological polar surface area (TPSA) is 50.4 Å². The third-order valence-electron chi connectivity index (χ3n) is 2.32. The molecular formula is C11H11Cl2N3. The maximum atomic E-state index is 5.95. The summed E-state index contributed by atoms with van der Waals surface area (Å²) in [4.78, 5) is 3.89. The van der Waals surface area contributed by atoms with Crippen molar-refractivity contribution in [2.24, 2.45) is 10.7 Å². The molecule has 1 aliphatic rings. The number of aryl methyl sites for hydroxylation is 1. The quantitative estimate of drug-likeness (QED) is 0.599. The number of aliphatic imine (C=N–C) groups is 1. The number of rotatable bonds is 1. The third-order valence-corrected chi connectivity index (χ3v) is 2.76. The molecule has 0 amide bonds. The van der Waals surface area contributed by atoms with E-state index >= 15 is 0 Å². The molecule has 0 bridgehead atoms. The Balaban J connectivity index is 2.45. The van der Waals surface area contributed by atoms with Crippen LogP contribution in [0.15, 0.2) is 29.3 Å². The van der Waals surface area contributed by atoms with Crippen LogP contribution in [0.25, 0.3) is 5.70 Å². The van der Waals surface area contributed by atoms with Gasteiger partial charge in [-0.15, -0.1) is 0 Å². The third kappa shape index (κ3) is 2.38. The molecule has 1 unspecified atom stereocenters. The van der Waals surface area contributed by atoms with Crippen LogP contribution in [0.2, 0.25) is 5.02 Å². The number of nitrogens with one attached hydrogen (secondary N) is 1. The van der Waals surface area contributed by atoms with Crippen molar-refractivity contribution in [2.45, 2.75) is 12.0 Å². The maximum absolute atomic E-state index is 5.95. The molecule has 3 N–H and O–H groups in total. The number of nitrogens with zero attached hydrogens (tertiary/aromatic N) is 1. The zero-order valence-electron chi connectivity index (χ0n) is 8.67. The molecule has 16 heavy (non-hydrogen) atoms. The van der Waals surface area contributed by atoms with E-state index in [-0.39, 0.29) is 0 Å². The predicted molar refractivity (Wildman–Crippen MR) is 68.6 cm³/mol. The molecule has 1 heterocycles. The highest BCUT2D eigenvalue weighted by molar-refractivity contribution is 6.30. The molecule has 84 valence electrons. The lowest BCUT2D eigenvalue weighted by molar-refractivity contribution is 0.775.